The van der Waals surface area contributed by atoms with E-state index in [2.05, 4.69) is 0 Å². The number of carbonyl (C=O) groups excluding carboxylic acids is 1. The number of piperazine rings is 1. The number of carbonyl (C=O) groups is 2. The van der Waals surface area contributed by atoms with E-state index >= 15 is 0 Å². The van der Waals surface area contributed by atoms with Crippen LogP contribution in [0.3, 0.4) is 0 Å². The van der Waals surface area contributed by atoms with E-state index in [1.807, 2.05) is 42.3 Å². The van der Waals surface area contributed by atoms with Gasteiger partial charge < -0.3 is 19.6 Å². The van der Waals surface area contributed by atoms with Gasteiger partial charge in [-0.25, -0.2) is 4.79 Å². The molecule has 2 aliphatic heterocycles. The summed E-state index contributed by atoms with van der Waals surface area (Å²) in [5.41, 5.74) is 1.74. The predicted octanol–water partition coefficient (Wildman–Crippen LogP) is 2.48. The van der Waals surface area contributed by atoms with Crippen molar-refractivity contribution in [2.75, 3.05) is 7.05 Å². The van der Waals surface area contributed by atoms with Crippen molar-refractivity contribution < 1.29 is 19.4 Å². The van der Waals surface area contributed by atoms with Crippen LogP contribution < -0.4 is 0 Å². The van der Waals surface area contributed by atoms with Crippen LogP contribution in [0.15, 0.2) is 53.6 Å². The molecule has 136 valence electrons. The van der Waals surface area contributed by atoms with Crippen LogP contribution in [0.2, 0.25) is 0 Å². The number of rotatable bonds is 4. The maximum atomic E-state index is 13.0. The van der Waals surface area contributed by atoms with Gasteiger partial charge in [0.2, 0.25) is 0 Å². The number of amides is 1. The van der Waals surface area contributed by atoms with E-state index in [1.54, 1.807) is 11.1 Å². The van der Waals surface area contributed by atoms with Gasteiger partial charge in [-0.15, -0.1) is 0 Å². The van der Waals surface area contributed by atoms with Crippen molar-refractivity contribution in [2.24, 2.45) is 0 Å². The van der Waals surface area contributed by atoms with Gasteiger partial charge in [-0.3, -0.25) is 4.79 Å². The van der Waals surface area contributed by atoms with Crippen LogP contribution in [0.25, 0.3) is 0 Å². The summed E-state index contributed by atoms with van der Waals surface area (Å²) in [5.74, 6) is -0.598. The lowest BCUT2D eigenvalue weighted by Crippen LogP contribution is -2.56. The molecule has 4 rings (SSSR count). The SMILES string of the molecule is CN1C(=O)C2=C(OCc3ccccc3)CC(C(=O)O)=CN2[C@@H]2CCC[C@@H]21. The van der Waals surface area contributed by atoms with Gasteiger partial charge in [0.25, 0.3) is 5.91 Å². The molecule has 1 amide bonds. The second kappa shape index (κ2) is 6.52. The smallest absolute Gasteiger partial charge is 0.333 e. The lowest BCUT2D eigenvalue weighted by Gasteiger charge is -2.45. The molecule has 0 bridgehead atoms. The van der Waals surface area contributed by atoms with E-state index in [0.717, 1.165) is 24.8 Å². The summed E-state index contributed by atoms with van der Waals surface area (Å²) in [4.78, 5) is 28.3. The van der Waals surface area contributed by atoms with E-state index in [4.69, 9.17) is 4.74 Å². The zero-order valence-electron chi connectivity index (χ0n) is 14.7. The zero-order chi connectivity index (χ0) is 18.3. The number of carboxylic acids is 1. The normalized spacial score (nSPS) is 25.0. The molecule has 0 radical (unpaired) electrons. The third-order valence-corrected chi connectivity index (χ3v) is 5.52. The molecule has 3 aliphatic rings. The summed E-state index contributed by atoms with van der Waals surface area (Å²) in [5, 5.41) is 9.52. The Labute approximate surface area is 152 Å². The second-order valence-corrected chi connectivity index (χ2v) is 7.07. The van der Waals surface area contributed by atoms with Crippen molar-refractivity contribution >= 4 is 11.9 Å². The molecule has 0 spiro atoms. The summed E-state index contributed by atoms with van der Waals surface area (Å²) in [6.07, 6.45) is 4.70. The number of likely N-dealkylation sites (N-methyl/N-ethyl adjacent to an activating group) is 1. The van der Waals surface area contributed by atoms with Crippen LogP contribution in [0.4, 0.5) is 0 Å². The number of hydrogen-bond acceptors (Lipinski definition) is 4. The van der Waals surface area contributed by atoms with E-state index in [-0.39, 0.29) is 30.0 Å². The third-order valence-electron chi connectivity index (χ3n) is 5.52. The number of allylic oxidation sites excluding steroid dienone is 1. The van der Waals surface area contributed by atoms with Gasteiger partial charge in [-0.05, 0) is 24.8 Å². The topological polar surface area (TPSA) is 70.1 Å². The average Bonchev–Trinajstić information content (AvgIpc) is 3.14. The highest BCUT2D eigenvalue weighted by molar-refractivity contribution is 5.96. The monoisotopic (exact) mass is 354 g/mol. The van der Waals surface area contributed by atoms with Crippen LogP contribution >= 0.6 is 0 Å². The van der Waals surface area contributed by atoms with Crippen LogP contribution in [0.5, 0.6) is 0 Å². The maximum Gasteiger partial charge on any atom is 0.333 e. The molecular formula is C20H22N2O4. The first-order valence-corrected chi connectivity index (χ1v) is 8.95. The maximum absolute atomic E-state index is 13.0. The minimum Gasteiger partial charge on any atom is -0.490 e. The molecule has 1 N–H and O–H groups in total. The number of aliphatic carboxylic acids is 1. The van der Waals surface area contributed by atoms with Crippen molar-refractivity contribution in [3.63, 3.8) is 0 Å². The molecule has 6 heteroatoms. The zero-order valence-corrected chi connectivity index (χ0v) is 14.7. The Hall–Kier alpha value is -2.76. The highest BCUT2D eigenvalue weighted by atomic mass is 16.5. The van der Waals surface area contributed by atoms with Crippen LogP contribution in [-0.4, -0.2) is 45.9 Å². The highest BCUT2D eigenvalue weighted by Crippen LogP contribution is 2.40. The lowest BCUT2D eigenvalue weighted by atomic mass is 9.97. The Morgan fingerprint density at radius 1 is 1.23 bits per heavy atom. The molecule has 1 aliphatic carbocycles. The second-order valence-electron chi connectivity index (χ2n) is 7.07. The van der Waals surface area contributed by atoms with Gasteiger partial charge in [0, 0.05) is 19.7 Å². The molecule has 2 fully saturated rings. The molecule has 2 heterocycles. The fourth-order valence-corrected chi connectivity index (χ4v) is 4.18. The Morgan fingerprint density at radius 2 is 1.96 bits per heavy atom. The standard InChI is InChI=1S/C20H22N2O4/c1-21-15-8-5-9-16(15)22-11-14(20(24)25)10-17(18(22)19(21)23)26-12-13-6-3-2-4-7-13/h2-4,6-7,11,15-16H,5,8-10,12H2,1H3,(H,24,25)/t15-,16+/m0/s1. The molecular weight excluding hydrogens is 332 g/mol. The number of ether oxygens (including phenoxy) is 1. The van der Waals surface area contributed by atoms with E-state index in [1.165, 1.54) is 0 Å². The fourth-order valence-electron chi connectivity index (χ4n) is 4.18. The van der Waals surface area contributed by atoms with Crippen molar-refractivity contribution in [1.29, 1.82) is 0 Å². The van der Waals surface area contributed by atoms with Crippen molar-refractivity contribution in [3.8, 4) is 0 Å². The minimum absolute atomic E-state index is 0.0862. The number of hydrogen-bond donors (Lipinski definition) is 1. The molecule has 0 unspecified atom stereocenters. The average molecular weight is 354 g/mol. The van der Waals surface area contributed by atoms with Crippen molar-refractivity contribution in [3.05, 3.63) is 59.1 Å². The summed E-state index contributed by atoms with van der Waals surface area (Å²) in [6.45, 7) is 0.311. The lowest BCUT2D eigenvalue weighted by molar-refractivity contribution is -0.136. The summed E-state index contributed by atoms with van der Waals surface area (Å²) < 4.78 is 5.97. The van der Waals surface area contributed by atoms with Gasteiger partial charge in [0.1, 0.15) is 18.1 Å². The predicted molar refractivity (Wildman–Crippen MR) is 94.6 cm³/mol. The Kier molecular flexibility index (Phi) is 4.18. The molecule has 26 heavy (non-hydrogen) atoms. The molecule has 1 aromatic rings. The van der Waals surface area contributed by atoms with Crippen LogP contribution in [-0.2, 0) is 20.9 Å². The largest absolute Gasteiger partial charge is 0.490 e. The quantitative estimate of drug-likeness (QED) is 0.900. The van der Waals surface area contributed by atoms with E-state index in [9.17, 15) is 14.7 Å². The number of nitrogens with zero attached hydrogens (tertiary/aromatic N) is 2. The van der Waals surface area contributed by atoms with Gasteiger partial charge in [-0.2, -0.15) is 0 Å². The van der Waals surface area contributed by atoms with Crippen molar-refractivity contribution in [1.82, 2.24) is 9.80 Å². The van der Waals surface area contributed by atoms with E-state index < -0.39 is 5.97 Å². The molecule has 0 aromatic heterocycles. The Balaban J connectivity index is 1.69. The van der Waals surface area contributed by atoms with Gasteiger partial charge in [0.15, 0.2) is 0 Å². The molecule has 6 nitrogen and oxygen atoms in total. The summed E-state index contributed by atoms with van der Waals surface area (Å²) in [6, 6.07) is 9.93. The van der Waals surface area contributed by atoms with E-state index in [0.29, 0.717) is 18.1 Å². The van der Waals surface area contributed by atoms with Crippen LogP contribution in [0.1, 0.15) is 31.2 Å². The Morgan fingerprint density at radius 3 is 2.69 bits per heavy atom. The molecule has 1 saturated heterocycles. The molecule has 2 atom stereocenters. The minimum atomic E-state index is -0.967. The van der Waals surface area contributed by atoms with Crippen molar-refractivity contribution in [2.45, 2.75) is 44.4 Å². The Bertz CT molecular complexity index is 799. The number of benzene rings is 1. The van der Waals surface area contributed by atoms with Gasteiger partial charge in [-0.1, -0.05) is 30.3 Å². The first-order valence-electron chi connectivity index (χ1n) is 8.95. The first-order chi connectivity index (χ1) is 12.6. The van der Waals surface area contributed by atoms with Gasteiger partial charge in [0.05, 0.1) is 17.7 Å². The first kappa shape index (κ1) is 16.7. The number of carboxylic acid groups (broad SMARTS) is 1. The highest BCUT2D eigenvalue weighted by Gasteiger charge is 2.47. The fraction of sp³-hybridized carbons (Fsp3) is 0.400. The third kappa shape index (κ3) is 2.75. The molecule has 1 aromatic carbocycles. The van der Waals surface area contributed by atoms with Gasteiger partial charge >= 0.3 is 5.97 Å². The van der Waals surface area contributed by atoms with Crippen LogP contribution in [0, 0.1) is 0 Å². The molecule has 1 saturated carbocycles. The summed E-state index contributed by atoms with van der Waals surface area (Å²) >= 11 is 0. The number of fused-ring (bicyclic) bond motifs is 3. The summed E-state index contributed by atoms with van der Waals surface area (Å²) in [7, 11) is 1.83.